The Hall–Kier alpha value is -1.34. The van der Waals surface area contributed by atoms with Gasteiger partial charge in [0.2, 0.25) is 0 Å². The highest BCUT2D eigenvalue weighted by atomic mass is 127. The van der Waals surface area contributed by atoms with Gasteiger partial charge in [0, 0.05) is 8.59 Å². The summed E-state index contributed by atoms with van der Waals surface area (Å²) >= 11 is 8.19. The molecule has 0 atom stereocenters. The molecule has 0 fully saturated rings. The summed E-state index contributed by atoms with van der Waals surface area (Å²) in [5, 5.41) is 0.415. The van der Waals surface area contributed by atoms with Crippen LogP contribution in [0, 0.1) is 9.39 Å². The van der Waals surface area contributed by atoms with E-state index in [4.69, 9.17) is 16.0 Å². The van der Waals surface area contributed by atoms with Crippen LogP contribution in [0.25, 0.3) is 11.1 Å². The molecular weight excluding hydrogens is 396 g/mol. The Morgan fingerprint density at radius 2 is 2.05 bits per heavy atom. The first-order valence-electron chi connectivity index (χ1n) is 5.77. The topological polar surface area (TPSA) is 35.1 Å². The quantitative estimate of drug-likeness (QED) is 0.606. The van der Waals surface area contributed by atoms with E-state index in [-0.39, 0.29) is 12.4 Å². The lowest BCUT2D eigenvalue weighted by Gasteiger charge is -2.05. The average molecular weight is 404 g/mol. The molecule has 0 aliphatic heterocycles. The predicted molar refractivity (Wildman–Crippen MR) is 83.7 cm³/mol. The summed E-state index contributed by atoms with van der Waals surface area (Å²) in [6, 6.07) is 9.51. The van der Waals surface area contributed by atoms with Crippen LogP contribution in [0.4, 0.5) is 4.39 Å². The van der Waals surface area contributed by atoms with E-state index in [1.54, 1.807) is 6.07 Å². The Balaban J connectivity index is 2.15. The van der Waals surface area contributed by atoms with E-state index >= 15 is 0 Å². The Morgan fingerprint density at radius 1 is 1.25 bits per heavy atom. The van der Waals surface area contributed by atoms with Crippen LogP contribution in [0.15, 0.2) is 45.6 Å². The molecule has 3 rings (SSSR count). The third-order valence-electron chi connectivity index (χ3n) is 2.97. The summed E-state index contributed by atoms with van der Waals surface area (Å²) in [5.41, 5.74) is 1.71. The molecule has 20 heavy (non-hydrogen) atoms. The summed E-state index contributed by atoms with van der Waals surface area (Å²) in [4.78, 5) is 11.9. The van der Waals surface area contributed by atoms with Gasteiger partial charge in [-0.05, 0) is 64.6 Å². The standard InChI is InChI=1S/C14H8ClFINO2/c15-11-3-1-9(16)5-8(11)7-18-12-6-10(17)2-4-13(12)20-14(18)19/h1-6H,7H2. The minimum Gasteiger partial charge on any atom is -0.408 e. The number of fused-ring (bicyclic) bond motifs is 1. The van der Waals surface area contributed by atoms with Crippen LogP contribution >= 0.6 is 34.2 Å². The normalized spacial score (nSPS) is 11.2. The third kappa shape index (κ3) is 2.47. The summed E-state index contributed by atoms with van der Waals surface area (Å²) in [5.74, 6) is -0.873. The number of halogens is 3. The molecule has 0 bridgehead atoms. The van der Waals surface area contributed by atoms with Gasteiger partial charge >= 0.3 is 5.76 Å². The molecule has 1 heterocycles. The molecule has 0 amide bonds. The smallest absolute Gasteiger partial charge is 0.408 e. The maximum absolute atomic E-state index is 13.3. The fourth-order valence-electron chi connectivity index (χ4n) is 2.02. The Kier molecular flexibility index (Phi) is 3.55. The Morgan fingerprint density at radius 3 is 2.85 bits per heavy atom. The maximum atomic E-state index is 13.3. The number of hydrogen-bond donors (Lipinski definition) is 0. The van der Waals surface area contributed by atoms with Crippen LogP contribution in [0.3, 0.4) is 0 Å². The van der Waals surface area contributed by atoms with Gasteiger partial charge < -0.3 is 4.42 Å². The first-order chi connectivity index (χ1) is 9.54. The van der Waals surface area contributed by atoms with E-state index in [2.05, 4.69) is 22.6 Å². The number of hydrogen-bond acceptors (Lipinski definition) is 2. The highest BCUT2D eigenvalue weighted by Crippen LogP contribution is 2.21. The molecule has 2 aromatic carbocycles. The summed E-state index contributed by atoms with van der Waals surface area (Å²) in [6.07, 6.45) is 0. The molecule has 6 heteroatoms. The predicted octanol–water partition coefficient (Wildman–Crippen LogP) is 4.04. The van der Waals surface area contributed by atoms with E-state index in [1.165, 1.54) is 22.8 Å². The van der Waals surface area contributed by atoms with Crippen molar-refractivity contribution in [3.05, 3.63) is 66.9 Å². The largest absolute Gasteiger partial charge is 0.420 e. The molecule has 0 unspecified atom stereocenters. The van der Waals surface area contributed by atoms with Crippen LogP contribution in [-0.2, 0) is 6.54 Å². The van der Waals surface area contributed by atoms with E-state index in [1.807, 2.05) is 12.1 Å². The zero-order valence-electron chi connectivity index (χ0n) is 10.1. The first kappa shape index (κ1) is 13.6. The monoisotopic (exact) mass is 403 g/mol. The lowest BCUT2D eigenvalue weighted by molar-refractivity contribution is 0.517. The zero-order valence-corrected chi connectivity index (χ0v) is 13.0. The lowest BCUT2D eigenvalue weighted by Crippen LogP contribution is -2.15. The second-order valence-corrected chi connectivity index (χ2v) is 5.95. The third-order valence-corrected chi connectivity index (χ3v) is 4.01. The van der Waals surface area contributed by atoms with Crippen molar-refractivity contribution in [2.75, 3.05) is 0 Å². The van der Waals surface area contributed by atoms with Crippen LogP contribution in [0.5, 0.6) is 0 Å². The van der Waals surface area contributed by atoms with Gasteiger partial charge in [-0.1, -0.05) is 11.6 Å². The van der Waals surface area contributed by atoms with Crippen LogP contribution in [0.1, 0.15) is 5.56 Å². The van der Waals surface area contributed by atoms with Crippen LogP contribution < -0.4 is 5.76 Å². The molecule has 102 valence electrons. The van der Waals surface area contributed by atoms with Crippen LogP contribution in [0.2, 0.25) is 5.02 Å². The van der Waals surface area contributed by atoms with Gasteiger partial charge in [-0.2, -0.15) is 0 Å². The van der Waals surface area contributed by atoms with Gasteiger partial charge in [0.1, 0.15) is 5.82 Å². The SMILES string of the molecule is O=c1oc2ccc(I)cc2n1Cc1cc(F)ccc1Cl. The zero-order chi connectivity index (χ0) is 14.3. The van der Waals surface area contributed by atoms with Gasteiger partial charge in [-0.3, -0.25) is 4.57 Å². The average Bonchev–Trinajstić information content (AvgIpc) is 2.70. The molecule has 0 aliphatic rings. The van der Waals surface area contributed by atoms with Crippen molar-refractivity contribution in [3.8, 4) is 0 Å². The van der Waals surface area contributed by atoms with Gasteiger partial charge in [-0.15, -0.1) is 0 Å². The Labute approximate surface area is 132 Å². The van der Waals surface area contributed by atoms with Crippen molar-refractivity contribution in [2.45, 2.75) is 6.54 Å². The van der Waals surface area contributed by atoms with Gasteiger partial charge in [0.25, 0.3) is 0 Å². The Bertz CT molecular complexity index is 856. The number of oxazole rings is 1. The molecule has 0 radical (unpaired) electrons. The minimum atomic E-state index is -0.484. The molecule has 3 aromatic rings. The van der Waals surface area contributed by atoms with E-state index in [0.29, 0.717) is 21.7 Å². The molecule has 0 spiro atoms. The fraction of sp³-hybridized carbons (Fsp3) is 0.0714. The van der Waals surface area contributed by atoms with E-state index < -0.39 is 5.76 Å². The van der Waals surface area contributed by atoms with Crippen LogP contribution in [-0.4, -0.2) is 4.57 Å². The summed E-state index contributed by atoms with van der Waals surface area (Å²) < 4.78 is 20.9. The van der Waals surface area contributed by atoms with Gasteiger partial charge in [0.15, 0.2) is 5.58 Å². The second-order valence-electron chi connectivity index (χ2n) is 4.30. The fourth-order valence-corrected chi connectivity index (χ4v) is 2.67. The van der Waals surface area contributed by atoms with E-state index in [9.17, 15) is 9.18 Å². The molecular formula is C14H8ClFINO2. The number of benzene rings is 2. The van der Waals surface area contributed by atoms with Crippen molar-refractivity contribution in [3.63, 3.8) is 0 Å². The molecule has 3 nitrogen and oxygen atoms in total. The van der Waals surface area contributed by atoms with Crippen molar-refractivity contribution in [2.24, 2.45) is 0 Å². The van der Waals surface area contributed by atoms with Crippen molar-refractivity contribution >= 4 is 45.3 Å². The summed E-state index contributed by atoms with van der Waals surface area (Å²) in [7, 11) is 0. The molecule has 0 saturated heterocycles. The summed E-state index contributed by atoms with van der Waals surface area (Å²) in [6.45, 7) is 0.169. The molecule has 0 aliphatic carbocycles. The number of nitrogens with zero attached hydrogens (tertiary/aromatic N) is 1. The molecule has 0 saturated carbocycles. The van der Waals surface area contributed by atoms with Gasteiger partial charge in [0.05, 0.1) is 12.1 Å². The van der Waals surface area contributed by atoms with Crippen molar-refractivity contribution < 1.29 is 8.81 Å². The number of rotatable bonds is 2. The first-order valence-corrected chi connectivity index (χ1v) is 7.23. The van der Waals surface area contributed by atoms with Crippen molar-refractivity contribution in [1.82, 2.24) is 4.57 Å². The number of aromatic nitrogens is 1. The lowest BCUT2D eigenvalue weighted by atomic mass is 10.2. The van der Waals surface area contributed by atoms with E-state index in [0.717, 1.165) is 3.57 Å². The second kappa shape index (κ2) is 5.21. The minimum absolute atomic E-state index is 0.169. The van der Waals surface area contributed by atoms with Gasteiger partial charge in [-0.25, -0.2) is 9.18 Å². The van der Waals surface area contributed by atoms with Crippen molar-refractivity contribution in [1.29, 1.82) is 0 Å². The highest BCUT2D eigenvalue weighted by Gasteiger charge is 2.12. The highest BCUT2D eigenvalue weighted by molar-refractivity contribution is 14.1. The molecule has 1 aromatic heterocycles. The molecule has 0 N–H and O–H groups in total. The maximum Gasteiger partial charge on any atom is 0.420 e.